The van der Waals surface area contributed by atoms with Gasteiger partial charge in [0.1, 0.15) is 0 Å². The van der Waals surface area contributed by atoms with Crippen LogP contribution in [0.1, 0.15) is 6.42 Å². The maximum absolute atomic E-state index is 11.5. The Bertz CT molecular complexity index is 113. The fraction of sp³-hybridized carbons (Fsp3) is 0.800. The van der Waals surface area contributed by atoms with Crippen molar-refractivity contribution in [3.05, 3.63) is 0 Å². The monoisotopic (exact) mass is 118 g/mol. The molecule has 1 rings (SSSR count). The molecule has 0 unspecified atom stereocenters. The summed E-state index contributed by atoms with van der Waals surface area (Å²) in [5.41, 5.74) is 0. The summed E-state index contributed by atoms with van der Waals surface area (Å²) in [4.78, 5) is 9.96. The topological polar surface area (TPSA) is 37.3 Å². The molecule has 46 valence electrons. The Labute approximate surface area is 46.3 Å². The first-order valence-corrected chi connectivity index (χ1v) is 2.54. The van der Waals surface area contributed by atoms with E-state index in [1.54, 1.807) is 0 Å². The summed E-state index contributed by atoms with van der Waals surface area (Å²) >= 11 is 0. The van der Waals surface area contributed by atoms with Crippen molar-refractivity contribution in [3.63, 3.8) is 0 Å². The molecule has 1 aliphatic rings. The van der Waals surface area contributed by atoms with Gasteiger partial charge in [0, 0.05) is 5.92 Å². The van der Waals surface area contributed by atoms with Crippen LogP contribution in [0.15, 0.2) is 0 Å². The molecule has 3 heteroatoms. The first-order valence-electron chi connectivity index (χ1n) is 2.54. The Kier molecular flexibility index (Phi) is 1.19. The van der Waals surface area contributed by atoms with Gasteiger partial charge in [-0.1, -0.05) is 0 Å². The Morgan fingerprint density at radius 1 is 1.88 bits per heavy atom. The van der Waals surface area contributed by atoms with E-state index in [-0.39, 0.29) is 11.8 Å². The Balaban J connectivity index is 2.26. The maximum Gasteiger partial charge on any atom is 0.306 e. The lowest BCUT2D eigenvalue weighted by molar-refractivity contribution is -0.138. The Morgan fingerprint density at radius 2 is 2.50 bits per heavy atom. The molecule has 0 spiro atoms. The van der Waals surface area contributed by atoms with Crippen LogP contribution in [0, 0.1) is 11.8 Å². The fourth-order valence-electron chi connectivity index (χ4n) is 0.721. The molecule has 1 saturated carbocycles. The molecule has 1 N–H and O–H groups in total. The molecule has 0 radical (unpaired) electrons. The predicted octanol–water partition coefficient (Wildman–Crippen LogP) is 0.677. The first-order chi connectivity index (χ1) is 3.75. The van der Waals surface area contributed by atoms with Gasteiger partial charge in [-0.3, -0.25) is 9.18 Å². The van der Waals surface area contributed by atoms with Crippen LogP contribution < -0.4 is 0 Å². The third-order valence-electron chi connectivity index (χ3n) is 1.44. The van der Waals surface area contributed by atoms with E-state index >= 15 is 0 Å². The van der Waals surface area contributed by atoms with E-state index in [4.69, 9.17) is 5.11 Å². The zero-order valence-electron chi connectivity index (χ0n) is 4.30. The van der Waals surface area contributed by atoms with Crippen LogP contribution in [0.3, 0.4) is 0 Å². The third kappa shape index (κ3) is 0.804. The molecule has 0 amide bonds. The third-order valence-corrected chi connectivity index (χ3v) is 1.44. The maximum atomic E-state index is 11.5. The van der Waals surface area contributed by atoms with Gasteiger partial charge in [0.05, 0.1) is 12.6 Å². The molecule has 0 aromatic heterocycles. The van der Waals surface area contributed by atoms with Crippen LogP contribution in [-0.2, 0) is 4.79 Å². The smallest absolute Gasteiger partial charge is 0.306 e. The second-order valence-electron chi connectivity index (χ2n) is 2.09. The van der Waals surface area contributed by atoms with E-state index in [1.165, 1.54) is 0 Å². The quantitative estimate of drug-likeness (QED) is 0.578. The molecular formula is C5H7FO2. The molecule has 0 aromatic carbocycles. The largest absolute Gasteiger partial charge is 0.481 e. The van der Waals surface area contributed by atoms with Gasteiger partial charge in [-0.05, 0) is 6.42 Å². The molecule has 0 saturated heterocycles. The van der Waals surface area contributed by atoms with Gasteiger partial charge < -0.3 is 5.11 Å². The van der Waals surface area contributed by atoms with E-state index in [1.807, 2.05) is 0 Å². The van der Waals surface area contributed by atoms with Crippen molar-refractivity contribution in [2.45, 2.75) is 6.42 Å². The fourth-order valence-corrected chi connectivity index (χ4v) is 0.721. The number of carbonyl (C=O) groups is 1. The minimum absolute atomic E-state index is 0.174. The van der Waals surface area contributed by atoms with Gasteiger partial charge in [-0.25, -0.2) is 0 Å². The standard InChI is InChI=1S/C5H7FO2/c6-2-3-1-4(3)5(7)8/h3-4H,1-2H2,(H,7,8)/t3-,4+/m0/s1. The summed E-state index contributed by atoms with van der Waals surface area (Å²) in [6, 6.07) is 0. The van der Waals surface area contributed by atoms with Gasteiger partial charge in [-0.2, -0.15) is 0 Å². The predicted molar refractivity (Wildman–Crippen MR) is 25.2 cm³/mol. The number of alkyl halides is 1. The van der Waals surface area contributed by atoms with Crippen molar-refractivity contribution in [1.29, 1.82) is 0 Å². The molecule has 2 atom stereocenters. The van der Waals surface area contributed by atoms with Crippen molar-refractivity contribution < 1.29 is 14.3 Å². The molecule has 8 heavy (non-hydrogen) atoms. The number of hydrogen-bond donors (Lipinski definition) is 1. The minimum atomic E-state index is -0.854. The summed E-state index contributed by atoms with van der Waals surface area (Å²) in [6.45, 7) is -0.475. The van der Waals surface area contributed by atoms with Crippen LogP contribution in [0.25, 0.3) is 0 Å². The molecule has 2 nitrogen and oxygen atoms in total. The van der Waals surface area contributed by atoms with Crippen molar-refractivity contribution in [2.75, 3.05) is 6.67 Å². The molecule has 0 aromatic rings. The van der Waals surface area contributed by atoms with Crippen LogP contribution in [0.5, 0.6) is 0 Å². The number of hydrogen-bond acceptors (Lipinski definition) is 1. The SMILES string of the molecule is O=C(O)[C@@H]1C[C@H]1CF. The zero-order chi connectivity index (χ0) is 6.15. The van der Waals surface area contributed by atoms with Gasteiger partial charge in [-0.15, -0.1) is 0 Å². The van der Waals surface area contributed by atoms with Crippen molar-refractivity contribution in [1.82, 2.24) is 0 Å². The highest BCUT2D eigenvalue weighted by atomic mass is 19.1. The van der Waals surface area contributed by atoms with Crippen molar-refractivity contribution >= 4 is 5.97 Å². The molecule has 1 fully saturated rings. The van der Waals surface area contributed by atoms with Gasteiger partial charge in [0.25, 0.3) is 0 Å². The van der Waals surface area contributed by atoms with E-state index in [0.717, 1.165) is 0 Å². The van der Waals surface area contributed by atoms with Crippen LogP contribution in [-0.4, -0.2) is 17.8 Å². The molecular weight excluding hydrogens is 111 g/mol. The van der Waals surface area contributed by atoms with Crippen LogP contribution in [0.4, 0.5) is 4.39 Å². The Hall–Kier alpha value is -0.600. The van der Waals surface area contributed by atoms with E-state index < -0.39 is 12.6 Å². The molecule has 0 heterocycles. The van der Waals surface area contributed by atoms with Gasteiger partial charge in [0.15, 0.2) is 0 Å². The summed E-state index contributed by atoms with van der Waals surface area (Å²) in [5.74, 6) is -1.40. The number of carboxylic acids is 1. The van der Waals surface area contributed by atoms with Crippen LogP contribution in [0.2, 0.25) is 0 Å². The molecule has 1 aliphatic carbocycles. The summed E-state index contributed by atoms with van der Waals surface area (Å²) in [5, 5.41) is 8.19. The minimum Gasteiger partial charge on any atom is -0.481 e. The lowest BCUT2D eigenvalue weighted by Crippen LogP contribution is -1.99. The lowest BCUT2D eigenvalue weighted by Gasteiger charge is -1.83. The average Bonchev–Trinajstić information content (AvgIpc) is 2.42. The van der Waals surface area contributed by atoms with Crippen molar-refractivity contribution in [3.8, 4) is 0 Å². The highest BCUT2D eigenvalue weighted by molar-refractivity contribution is 5.73. The average molecular weight is 118 g/mol. The highest BCUT2D eigenvalue weighted by Gasteiger charge is 2.42. The molecule has 0 bridgehead atoms. The number of halogens is 1. The number of carboxylic acid groups (broad SMARTS) is 1. The van der Waals surface area contributed by atoms with E-state index in [2.05, 4.69) is 0 Å². The summed E-state index contributed by atoms with van der Waals surface area (Å²) in [6.07, 6.45) is 0.534. The highest BCUT2D eigenvalue weighted by Crippen LogP contribution is 2.38. The molecule has 0 aliphatic heterocycles. The van der Waals surface area contributed by atoms with Gasteiger partial charge >= 0.3 is 5.97 Å². The Morgan fingerprint density at radius 3 is 2.62 bits per heavy atom. The number of rotatable bonds is 2. The normalized spacial score (nSPS) is 34.6. The van der Waals surface area contributed by atoms with Gasteiger partial charge in [0.2, 0.25) is 0 Å². The summed E-state index contributed by atoms with van der Waals surface area (Å²) in [7, 11) is 0. The van der Waals surface area contributed by atoms with E-state index in [0.29, 0.717) is 6.42 Å². The first kappa shape index (κ1) is 5.54. The summed E-state index contributed by atoms with van der Waals surface area (Å²) < 4.78 is 11.5. The van der Waals surface area contributed by atoms with Crippen LogP contribution >= 0.6 is 0 Å². The second kappa shape index (κ2) is 1.73. The number of aliphatic carboxylic acids is 1. The lowest BCUT2D eigenvalue weighted by atomic mass is 10.3. The van der Waals surface area contributed by atoms with Crippen molar-refractivity contribution in [2.24, 2.45) is 11.8 Å². The van der Waals surface area contributed by atoms with E-state index in [9.17, 15) is 9.18 Å². The zero-order valence-corrected chi connectivity index (χ0v) is 4.30. The second-order valence-corrected chi connectivity index (χ2v) is 2.09.